The molecule has 2 rings (SSSR count). The van der Waals surface area contributed by atoms with Crippen molar-refractivity contribution in [2.75, 3.05) is 33.4 Å². The molecule has 4 nitrogen and oxygen atoms in total. The van der Waals surface area contributed by atoms with E-state index in [0.29, 0.717) is 5.41 Å². The molecule has 1 aromatic rings. The smallest absolute Gasteiger partial charge is 0.0795 e. The second-order valence-corrected chi connectivity index (χ2v) is 8.09. The topological polar surface area (TPSA) is 37.4 Å². The van der Waals surface area contributed by atoms with Crippen molar-refractivity contribution >= 4 is 11.3 Å². The Hall–Kier alpha value is -0.490. The summed E-state index contributed by atoms with van der Waals surface area (Å²) >= 11 is 1.67. The van der Waals surface area contributed by atoms with Crippen LogP contribution in [0.25, 0.3) is 0 Å². The average molecular weight is 311 g/mol. The Kier molecular flexibility index (Phi) is 5.77. The van der Waals surface area contributed by atoms with Gasteiger partial charge in [0.1, 0.15) is 0 Å². The Morgan fingerprint density at radius 2 is 2.10 bits per heavy atom. The summed E-state index contributed by atoms with van der Waals surface area (Å²) in [4.78, 5) is 6.80. The predicted molar refractivity (Wildman–Crippen MR) is 88.7 cm³/mol. The van der Waals surface area contributed by atoms with Gasteiger partial charge in [0.2, 0.25) is 0 Å². The summed E-state index contributed by atoms with van der Waals surface area (Å²) in [6.45, 7) is 11.6. The first-order chi connectivity index (χ1) is 9.89. The molecule has 1 N–H and O–H groups in total. The minimum atomic E-state index is 0.165. The van der Waals surface area contributed by atoms with Crippen LogP contribution in [0.5, 0.6) is 0 Å². The maximum absolute atomic E-state index is 5.59. The zero-order valence-electron chi connectivity index (χ0n) is 13.8. The van der Waals surface area contributed by atoms with Crippen LogP contribution in [-0.4, -0.2) is 48.8 Å². The van der Waals surface area contributed by atoms with Gasteiger partial charge >= 0.3 is 0 Å². The van der Waals surface area contributed by atoms with Crippen molar-refractivity contribution < 1.29 is 4.74 Å². The van der Waals surface area contributed by atoms with Crippen molar-refractivity contribution in [3.8, 4) is 0 Å². The highest BCUT2D eigenvalue weighted by atomic mass is 32.1. The van der Waals surface area contributed by atoms with Crippen LogP contribution < -0.4 is 5.32 Å². The van der Waals surface area contributed by atoms with Gasteiger partial charge in [-0.05, 0) is 46.1 Å². The molecule has 1 fully saturated rings. The van der Waals surface area contributed by atoms with Gasteiger partial charge in [0.25, 0.3) is 0 Å². The molecular weight excluding hydrogens is 282 g/mol. The molecule has 0 atom stereocenters. The molecule has 1 aromatic heterocycles. The number of ether oxygens (including phenoxy) is 1. The standard InChI is InChI=1S/C16H29N3OS/c1-15(2,3)18-11-16(5-7-20-8-6-16)12-19(4)9-14-10-21-13-17-14/h10,13,18H,5-9,11-12H2,1-4H3. The van der Waals surface area contributed by atoms with Gasteiger partial charge in [-0.1, -0.05) is 0 Å². The predicted octanol–water partition coefficient (Wildman–Crippen LogP) is 2.76. The Bertz CT molecular complexity index is 408. The summed E-state index contributed by atoms with van der Waals surface area (Å²) in [6.07, 6.45) is 2.27. The first-order valence-corrected chi connectivity index (χ1v) is 8.71. The summed E-state index contributed by atoms with van der Waals surface area (Å²) in [5, 5.41) is 5.84. The summed E-state index contributed by atoms with van der Waals surface area (Å²) in [5.41, 5.74) is 3.57. The normalized spacial score (nSPS) is 19.1. The van der Waals surface area contributed by atoms with E-state index in [1.807, 2.05) is 5.51 Å². The highest BCUT2D eigenvalue weighted by Gasteiger charge is 2.34. The van der Waals surface area contributed by atoms with Crippen LogP contribution in [0.2, 0.25) is 0 Å². The number of nitrogens with one attached hydrogen (secondary N) is 1. The Labute approximate surface area is 132 Å². The van der Waals surface area contributed by atoms with Crippen molar-refractivity contribution in [2.24, 2.45) is 5.41 Å². The van der Waals surface area contributed by atoms with E-state index in [1.54, 1.807) is 11.3 Å². The maximum Gasteiger partial charge on any atom is 0.0795 e. The van der Waals surface area contributed by atoms with Crippen LogP contribution in [0.3, 0.4) is 0 Å². The second kappa shape index (κ2) is 7.18. The van der Waals surface area contributed by atoms with Crippen molar-refractivity contribution in [3.05, 3.63) is 16.6 Å². The number of aromatic nitrogens is 1. The summed E-state index contributed by atoms with van der Waals surface area (Å²) in [6, 6.07) is 0. The van der Waals surface area contributed by atoms with Crippen molar-refractivity contribution in [1.29, 1.82) is 0 Å². The van der Waals surface area contributed by atoms with E-state index in [4.69, 9.17) is 4.74 Å². The fourth-order valence-corrected chi connectivity index (χ4v) is 3.42. The molecule has 0 saturated carbocycles. The van der Waals surface area contributed by atoms with E-state index in [2.05, 4.69) is 48.4 Å². The van der Waals surface area contributed by atoms with E-state index in [-0.39, 0.29) is 5.54 Å². The average Bonchev–Trinajstić information content (AvgIpc) is 2.89. The lowest BCUT2D eigenvalue weighted by molar-refractivity contribution is -0.00449. The molecule has 1 saturated heterocycles. The van der Waals surface area contributed by atoms with Crippen molar-refractivity contribution in [3.63, 3.8) is 0 Å². The van der Waals surface area contributed by atoms with E-state index in [9.17, 15) is 0 Å². The fourth-order valence-electron chi connectivity index (χ4n) is 2.87. The molecule has 0 radical (unpaired) electrons. The molecule has 2 heterocycles. The van der Waals surface area contributed by atoms with Crippen molar-refractivity contribution in [2.45, 2.75) is 45.7 Å². The zero-order valence-corrected chi connectivity index (χ0v) is 14.6. The van der Waals surface area contributed by atoms with E-state index >= 15 is 0 Å². The van der Waals surface area contributed by atoms with Crippen LogP contribution in [0, 0.1) is 5.41 Å². The quantitative estimate of drug-likeness (QED) is 0.876. The van der Waals surface area contributed by atoms with Crippen LogP contribution in [0.4, 0.5) is 0 Å². The number of nitrogens with zero attached hydrogens (tertiary/aromatic N) is 2. The highest BCUT2D eigenvalue weighted by Crippen LogP contribution is 2.31. The number of hydrogen-bond donors (Lipinski definition) is 1. The minimum Gasteiger partial charge on any atom is -0.381 e. The Morgan fingerprint density at radius 3 is 2.67 bits per heavy atom. The second-order valence-electron chi connectivity index (χ2n) is 7.37. The van der Waals surface area contributed by atoms with Gasteiger partial charge in [-0.3, -0.25) is 4.90 Å². The third kappa shape index (κ3) is 5.66. The summed E-state index contributed by atoms with van der Waals surface area (Å²) in [5.74, 6) is 0. The third-order valence-electron chi connectivity index (χ3n) is 4.07. The van der Waals surface area contributed by atoms with E-state index in [1.165, 1.54) is 5.69 Å². The number of hydrogen-bond acceptors (Lipinski definition) is 5. The largest absolute Gasteiger partial charge is 0.381 e. The maximum atomic E-state index is 5.59. The molecule has 0 aromatic carbocycles. The lowest BCUT2D eigenvalue weighted by Gasteiger charge is -2.42. The molecule has 0 bridgehead atoms. The van der Waals surface area contributed by atoms with E-state index in [0.717, 1.165) is 45.7 Å². The molecule has 0 amide bonds. The zero-order chi connectivity index (χ0) is 15.3. The molecule has 0 spiro atoms. The monoisotopic (exact) mass is 311 g/mol. The van der Waals surface area contributed by atoms with Crippen LogP contribution in [-0.2, 0) is 11.3 Å². The van der Waals surface area contributed by atoms with Crippen LogP contribution in [0.15, 0.2) is 10.9 Å². The lowest BCUT2D eigenvalue weighted by atomic mass is 9.79. The summed E-state index contributed by atoms with van der Waals surface area (Å²) < 4.78 is 5.59. The molecule has 0 aliphatic carbocycles. The van der Waals surface area contributed by atoms with Gasteiger partial charge in [-0.2, -0.15) is 0 Å². The molecular formula is C16H29N3OS. The first kappa shape index (κ1) is 16.9. The van der Waals surface area contributed by atoms with Gasteiger partial charge in [0.15, 0.2) is 0 Å². The summed E-state index contributed by atoms with van der Waals surface area (Å²) in [7, 11) is 2.20. The van der Waals surface area contributed by atoms with Gasteiger partial charge in [0, 0.05) is 43.8 Å². The molecule has 0 unspecified atom stereocenters. The fraction of sp³-hybridized carbons (Fsp3) is 0.812. The van der Waals surface area contributed by atoms with Crippen LogP contribution >= 0.6 is 11.3 Å². The highest BCUT2D eigenvalue weighted by molar-refractivity contribution is 7.07. The Balaban J connectivity index is 1.94. The minimum absolute atomic E-state index is 0.165. The molecule has 21 heavy (non-hydrogen) atoms. The van der Waals surface area contributed by atoms with Gasteiger partial charge in [-0.15, -0.1) is 11.3 Å². The molecule has 5 heteroatoms. The molecule has 1 aliphatic heterocycles. The lowest BCUT2D eigenvalue weighted by Crippen LogP contribution is -2.50. The number of rotatable bonds is 6. The first-order valence-electron chi connectivity index (χ1n) is 7.77. The third-order valence-corrected chi connectivity index (χ3v) is 4.70. The van der Waals surface area contributed by atoms with Gasteiger partial charge in [0.05, 0.1) is 11.2 Å². The molecule has 1 aliphatic rings. The van der Waals surface area contributed by atoms with Crippen molar-refractivity contribution in [1.82, 2.24) is 15.2 Å². The SMILES string of the molecule is CN(Cc1cscn1)CC1(CNC(C)(C)C)CCOCC1. The van der Waals surface area contributed by atoms with E-state index < -0.39 is 0 Å². The van der Waals surface area contributed by atoms with Gasteiger partial charge < -0.3 is 10.1 Å². The Morgan fingerprint density at radius 1 is 1.38 bits per heavy atom. The number of thiazole rings is 1. The van der Waals surface area contributed by atoms with Gasteiger partial charge in [-0.25, -0.2) is 4.98 Å². The van der Waals surface area contributed by atoms with Crippen LogP contribution in [0.1, 0.15) is 39.3 Å². The molecule has 120 valence electrons.